The molecule has 0 saturated heterocycles. The van der Waals surface area contributed by atoms with E-state index in [9.17, 15) is 0 Å². The van der Waals surface area contributed by atoms with E-state index in [1.54, 1.807) is 0 Å². The first-order valence-electron chi connectivity index (χ1n) is 1.08. The van der Waals surface area contributed by atoms with Crippen LogP contribution in [0.2, 0.25) is 0 Å². The van der Waals surface area contributed by atoms with E-state index in [4.69, 9.17) is 0 Å². The van der Waals surface area contributed by atoms with Crippen molar-refractivity contribution in [2.24, 2.45) is 0 Å². The fourth-order valence-corrected chi connectivity index (χ4v) is 0. The van der Waals surface area contributed by atoms with Gasteiger partial charge in [0.15, 0.2) is 0 Å². The van der Waals surface area contributed by atoms with Crippen LogP contribution in [0.5, 0.6) is 0 Å². The summed E-state index contributed by atoms with van der Waals surface area (Å²) >= 11 is 1.51. The van der Waals surface area contributed by atoms with Gasteiger partial charge in [0.05, 0.1) is 0 Å². The van der Waals surface area contributed by atoms with Crippen molar-refractivity contribution in [1.82, 2.24) is 2.80 Å². The molecule has 0 aromatic rings. The molecule has 0 amide bonds. The van der Waals surface area contributed by atoms with Crippen molar-refractivity contribution in [2.45, 2.75) is 0 Å². The van der Waals surface area contributed by atoms with Crippen LogP contribution in [0.1, 0.15) is 0 Å². The molecule has 0 heterocycles. The molecule has 0 aliphatic carbocycles. The summed E-state index contributed by atoms with van der Waals surface area (Å²) in [7, 11) is 4.07. The van der Waals surface area contributed by atoms with Crippen LogP contribution in [0.15, 0.2) is 0 Å². The third-order valence-corrected chi connectivity index (χ3v) is 0. The first-order valence-corrected chi connectivity index (χ1v) is 2.50. The van der Waals surface area contributed by atoms with E-state index >= 15 is 0 Å². The zero-order chi connectivity index (χ0) is 3.58. The zero-order valence-electron chi connectivity index (χ0n) is 2.86. The molecule has 0 unspecified atom stereocenters. The summed E-state index contributed by atoms with van der Waals surface area (Å²) in [5.74, 6) is 0. The molecule has 2 heteroatoms. The maximum atomic E-state index is 2.08. The van der Waals surface area contributed by atoms with Gasteiger partial charge in [-0.3, -0.25) is 0 Å². The summed E-state index contributed by atoms with van der Waals surface area (Å²) in [6.07, 6.45) is 0. The van der Waals surface area contributed by atoms with Crippen LogP contribution < -0.4 is 0 Å². The fourth-order valence-electron chi connectivity index (χ4n) is 0. The molecular formula is C2H6NPo. The molecule has 0 aromatic heterocycles. The molecule has 0 spiro atoms. The third kappa shape index (κ3) is 13.4. The Morgan fingerprint density at radius 1 is 1.50 bits per heavy atom. The summed E-state index contributed by atoms with van der Waals surface area (Å²) in [5, 5.41) is 0. The molecule has 0 aromatic carbocycles. The minimum absolute atomic E-state index is 1.51. The summed E-state index contributed by atoms with van der Waals surface area (Å²) in [6.45, 7) is 0. The van der Waals surface area contributed by atoms with Crippen molar-refractivity contribution in [3.63, 3.8) is 0 Å². The van der Waals surface area contributed by atoms with Gasteiger partial charge in [-0.1, -0.05) is 0 Å². The average Bonchev–Trinajstić information content (AvgIpc) is 0.811. The van der Waals surface area contributed by atoms with Gasteiger partial charge in [0.25, 0.3) is 0 Å². The number of hydrogen-bond acceptors (Lipinski definition) is 1. The van der Waals surface area contributed by atoms with Gasteiger partial charge in [-0.25, -0.2) is 0 Å². The second-order valence-corrected chi connectivity index (χ2v) is 3.65. The van der Waals surface area contributed by atoms with E-state index in [-0.39, 0.29) is 0 Å². The number of nitrogens with zero attached hydrogens (tertiary/aromatic N) is 1. The first kappa shape index (κ1) is 4.86. The van der Waals surface area contributed by atoms with Crippen LogP contribution in [0.3, 0.4) is 0 Å². The Morgan fingerprint density at radius 2 is 1.50 bits per heavy atom. The first-order chi connectivity index (χ1) is 1.73. The molecule has 0 N–H and O–H groups in total. The second-order valence-electron chi connectivity index (χ2n) is 0.812. The van der Waals surface area contributed by atoms with Crippen molar-refractivity contribution < 1.29 is 0 Å². The standard InChI is InChI=1S/C2H6N.Po/c1-3-2;/h1-2H3;/q-1;+1. The Balaban J connectivity index is 2.32. The molecular weight excluding hydrogens is 247 g/mol. The van der Waals surface area contributed by atoms with Gasteiger partial charge in [0.2, 0.25) is 0 Å². The second kappa shape index (κ2) is 2.12. The van der Waals surface area contributed by atoms with Gasteiger partial charge in [-0.05, 0) is 0 Å². The third-order valence-electron chi connectivity index (χ3n) is 0. The Bertz CT molecular complexity index is 10.8. The van der Waals surface area contributed by atoms with Crippen LogP contribution in [0.4, 0.5) is 0 Å². The zero-order valence-corrected chi connectivity index (χ0v) is 6.03. The van der Waals surface area contributed by atoms with Crippen molar-refractivity contribution in [2.75, 3.05) is 14.1 Å². The van der Waals surface area contributed by atoms with Crippen molar-refractivity contribution in [3.05, 3.63) is 0 Å². The molecule has 4 heavy (non-hydrogen) atoms. The quantitative estimate of drug-likeness (QED) is 0.569. The van der Waals surface area contributed by atoms with Gasteiger partial charge < -0.3 is 0 Å². The maximum absolute atomic E-state index is 2.08. The van der Waals surface area contributed by atoms with Crippen LogP contribution in [0.25, 0.3) is 0 Å². The van der Waals surface area contributed by atoms with Crippen LogP contribution in [-0.4, -0.2) is 42.3 Å². The van der Waals surface area contributed by atoms with E-state index in [0.29, 0.717) is 0 Å². The fraction of sp³-hybridized carbons (Fsp3) is 1.00. The SMILES string of the molecule is C[N](C)[Po]. The molecule has 0 aliphatic rings. The van der Waals surface area contributed by atoms with Crippen LogP contribution in [0, 0.1) is 0 Å². The topological polar surface area (TPSA) is 3.24 Å². The van der Waals surface area contributed by atoms with Crippen LogP contribution in [-0.2, 0) is 0 Å². The van der Waals surface area contributed by atoms with E-state index in [1.807, 2.05) is 14.1 Å². The Hall–Kier alpha value is 0.856. The summed E-state index contributed by atoms with van der Waals surface area (Å²) < 4.78 is 2.08. The molecule has 0 fully saturated rings. The summed E-state index contributed by atoms with van der Waals surface area (Å²) in [5.41, 5.74) is 0. The van der Waals surface area contributed by atoms with Crippen molar-refractivity contribution >= 4 is 25.4 Å². The molecule has 1 radical (unpaired) electrons. The molecule has 0 atom stereocenters. The molecule has 0 bridgehead atoms. The van der Waals surface area contributed by atoms with Crippen molar-refractivity contribution in [3.8, 4) is 0 Å². The van der Waals surface area contributed by atoms with Gasteiger partial charge in [-0.2, -0.15) is 0 Å². The normalized spacial score (nSPS) is 9.00. The molecule has 0 saturated carbocycles. The average molecular weight is 253 g/mol. The van der Waals surface area contributed by atoms with Crippen molar-refractivity contribution in [1.29, 1.82) is 0 Å². The Kier molecular flexibility index (Phi) is 2.57. The molecule has 25 valence electrons. The minimum atomic E-state index is 1.51. The Labute approximate surface area is 42.5 Å². The predicted molar refractivity (Wildman–Crippen MR) is 19.4 cm³/mol. The molecule has 0 aliphatic heterocycles. The van der Waals surface area contributed by atoms with Crippen LogP contribution >= 0.6 is 0 Å². The number of hydrogen-bond donors (Lipinski definition) is 0. The van der Waals surface area contributed by atoms with Gasteiger partial charge in [0, 0.05) is 0 Å². The summed E-state index contributed by atoms with van der Waals surface area (Å²) in [6, 6.07) is 0. The molecule has 0 rings (SSSR count). The van der Waals surface area contributed by atoms with E-state index in [0.717, 1.165) is 0 Å². The Morgan fingerprint density at radius 3 is 1.50 bits per heavy atom. The van der Waals surface area contributed by atoms with E-state index in [2.05, 4.69) is 2.80 Å². The van der Waals surface area contributed by atoms with Gasteiger partial charge in [0.1, 0.15) is 0 Å². The van der Waals surface area contributed by atoms with E-state index in [1.165, 1.54) is 25.4 Å². The van der Waals surface area contributed by atoms with Gasteiger partial charge in [-0.15, -0.1) is 0 Å². The van der Waals surface area contributed by atoms with E-state index < -0.39 is 0 Å². The van der Waals surface area contributed by atoms with Gasteiger partial charge >= 0.3 is 42.3 Å². The molecule has 1 nitrogen and oxygen atoms in total. The monoisotopic (exact) mass is 253 g/mol. The summed E-state index contributed by atoms with van der Waals surface area (Å²) in [4.78, 5) is 0. The predicted octanol–water partition coefficient (Wildman–Crippen LogP) is -0.369. The number of rotatable bonds is 0.